The van der Waals surface area contributed by atoms with Gasteiger partial charge in [-0.1, -0.05) is 30.3 Å². The number of amides is 1. The number of rotatable bonds is 6. The number of fused-ring (bicyclic) bond motifs is 1. The number of aryl methyl sites for hydroxylation is 1. The average Bonchev–Trinajstić information content (AvgIpc) is 3.07. The highest BCUT2D eigenvalue weighted by atomic mass is 16.6. The predicted octanol–water partition coefficient (Wildman–Crippen LogP) is 3.50. The molecule has 1 aromatic heterocycles. The number of benzene rings is 2. The minimum absolute atomic E-state index is 0.0839. The van der Waals surface area contributed by atoms with Gasteiger partial charge < -0.3 is 24.0 Å². The topological polar surface area (TPSA) is 63.9 Å². The lowest BCUT2D eigenvalue weighted by atomic mass is 10.1. The first-order chi connectivity index (χ1) is 14.6. The second kappa shape index (κ2) is 8.63. The van der Waals surface area contributed by atoms with E-state index >= 15 is 0 Å². The van der Waals surface area contributed by atoms with Crippen molar-refractivity contribution in [3.05, 3.63) is 77.1 Å². The second-order valence-electron chi connectivity index (χ2n) is 7.38. The molecule has 3 aromatic rings. The first-order valence-electron chi connectivity index (χ1n) is 10.1. The number of hydrogen-bond donors (Lipinski definition) is 1. The van der Waals surface area contributed by atoms with E-state index < -0.39 is 0 Å². The summed E-state index contributed by atoms with van der Waals surface area (Å²) in [7, 11) is 0. The molecule has 0 bridgehead atoms. The molecule has 0 saturated carbocycles. The molecule has 1 aliphatic heterocycles. The van der Waals surface area contributed by atoms with Crippen molar-refractivity contribution in [2.24, 2.45) is 0 Å². The van der Waals surface area contributed by atoms with Crippen molar-refractivity contribution in [1.82, 2.24) is 9.47 Å². The highest BCUT2D eigenvalue weighted by Crippen LogP contribution is 2.33. The number of ether oxygens (including phenoxy) is 2. The fraction of sp³-hybridized carbons (Fsp3) is 0.292. The van der Waals surface area contributed by atoms with Gasteiger partial charge in [-0.15, -0.1) is 0 Å². The summed E-state index contributed by atoms with van der Waals surface area (Å²) >= 11 is 0. The summed E-state index contributed by atoms with van der Waals surface area (Å²) in [6.07, 6.45) is 0. The van der Waals surface area contributed by atoms with Crippen LogP contribution in [0.15, 0.2) is 54.6 Å². The number of aromatic nitrogens is 1. The Morgan fingerprint density at radius 3 is 2.50 bits per heavy atom. The molecule has 156 valence electrons. The van der Waals surface area contributed by atoms with E-state index in [0.717, 1.165) is 28.4 Å². The molecule has 1 N–H and O–H groups in total. The molecule has 0 atom stereocenters. The number of aliphatic hydroxyl groups excluding tert-OH is 1. The Bertz CT molecular complexity index is 1040. The molecule has 2 aromatic carbocycles. The minimum atomic E-state index is -0.0928. The van der Waals surface area contributed by atoms with Gasteiger partial charge in [-0.25, -0.2) is 0 Å². The molecule has 0 saturated heterocycles. The quantitative estimate of drug-likeness (QED) is 0.681. The van der Waals surface area contributed by atoms with E-state index in [9.17, 15) is 9.90 Å². The van der Waals surface area contributed by atoms with Gasteiger partial charge in [-0.3, -0.25) is 4.79 Å². The van der Waals surface area contributed by atoms with Crippen LogP contribution >= 0.6 is 0 Å². The van der Waals surface area contributed by atoms with Gasteiger partial charge in [-0.05, 0) is 37.6 Å². The Morgan fingerprint density at radius 2 is 1.77 bits per heavy atom. The van der Waals surface area contributed by atoms with Crippen molar-refractivity contribution in [3.8, 4) is 17.2 Å². The molecule has 4 rings (SSSR count). The summed E-state index contributed by atoms with van der Waals surface area (Å²) in [4.78, 5) is 15.0. The van der Waals surface area contributed by atoms with Gasteiger partial charge in [0.2, 0.25) is 0 Å². The van der Waals surface area contributed by atoms with Crippen LogP contribution in [-0.2, 0) is 6.54 Å². The van der Waals surface area contributed by atoms with Crippen LogP contribution in [-0.4, -0.2) is 46.8 Å². The van der Waals surface area contributed by atoms with Crippen molar-refractivity contribution in [1.29, 1.82) is 0 Å². The number of carbonyl (C=O) groups excluding carboxylic acids is 1. The molecule has 0 fully saturated rings. The zero-order valence-corrected chi connectivity index (χ0v) is 17.3. The van der Waals surface area contributed by atoms with Crippen LogP contribution in [0.5, 0.6) is 11.5 Å². The van der Waals surface area contributed by atoms with Gasteiger partial charge >= 0.3 is 0 Å². The second-order valence-corrected chi connectivity index (χ2v) is 7.38. The van der Waals surface area contributed by atoms with Gasteiger partial charge in [0.1, 0.15) is 13.2 Å². The maximum absolute atomic E-state index is 13.3. The van der Waals surface area contributed by atoms with Crippen LogP contribution in [0.1, 0.15) is 27.3 Å². The molecule has 0 radical (unpaired) electrons. The molecule has 0 spiro atoms. The Kier molecular flexibility index (Phi) is 5.77. The van der Waals surface area contributed by atoms with Gasteiger partial charge in [0, 0.05) is 36.2 Å². The molecule has 0 aliphatic carbocycles. The Labute approximate surface area is 176 Å². The standard InChI is InChI=1S/C24H26N2O4/c1-17-14-21(24(28)25(10-11-27)16-19-6-4-3-5-7-19)18(2)26(17)20-8-9-22-23(15-20)30-13-12-29-22/h3-9,14-15,27H,10-13,16H2,1-2H3. The van der Waals surface area contributed by atoms with Crippen LogP contribution in [0.2, 0.25) is 0 Å². The zero-order valence-electron chi connectivity index (χ0n) is 17.3. The monoisotopic (exact) mass is 406 g/mol. The molecular weight excluding hydrogens is 380 g/mol. The molecule has 2 heterocycles. The van der Waals surface area contributed by atoms with Crippen LogP contribution in [0.25, 0.3) is 5.69 Å². The lowest BCUT2D eigenvalue weighted by Crippen LogP contribution is -2.33. The third kappa shape index (κ3) is 3.91. The highest BCUT2D eigenvalue weighted by Gasteiger charge is 2.23. The van der Waals surface area contributed by atoms with Crippen LogP contribution in [0.3, 0.4) is 0 Å². The largest absolute Gasteiger partial charge is 0.486 e. The molecule has 1 amide bonds. The van der Waals surface area contributed by atoms with E-state index in [1.54, 1.807) is 4.90 Å². The molecule has 1 aliphatic rings. The third-order valence-electron chi connectivity index (χ3n) is 5.32. The first-order valence-corrected chi connectivity index (χ1v) is 10.1. The summed E-state index contributed by atoms with van der Waals surface area (Å²) in [5.74, 6) is 1.36. The normalized spacial score (nSPS) is 12.6. The maximum Gasteiger partial charge on any atom is 0.256 e. The SMILES string of the molecule is Cc1cc(C(=O)N(CCO)Cc2ccccc2)c(C)n1-c1ccc2c(c1)OCCO2. The molecular formula is C24H26N2O4. The van der Waals surface area contributed by atoms with Gasteiger partial charge in [0.05, 0.1) is 12.2 Å². The van der Waals surface area contributed by atoms with Crippen molar-refractivity contribution in [3.63, 3.8) is 0 Å². The number of carbonyl (C=O) groups is 1. The summed E-state index contributed by atoms with van der Waals surface area (Å²) in [5.41, 5.74) is 4.39. The summed E-state index contributed by atoms with van der Waals surface area (Å²) in [6.45, 7) is 5.65. The van der Waals surface area contributed by atoms with Crippen molar-refractivity contribution in [2.75, 3.05) is 26.4 Å². The van der Waals surface area contributed by atoms with Crippen LogP contribution < -0.4 is 9.47 Å². The number of aliphatic hydroxyl groups is 1. The summed E-state index contributed by atoms with van der Waals surface area (Å²) in [5, 5.41) is 9.51. The smallest absolute Gasteiger partial charge is 0.256 e. The number of hydrogen-bond acceptors (Lipinski definition) is 4. The molecule has 30 heavy (non-hydrogen) atoms. The van der Waals surface area contributed by atoms with E-state index in [0.29, 0.717) is 31.1 Å². The highest BCUT2D eigenvalue weighted by molar-refractivity contribution is 5.96. The first kappa shape index (κ1) is 20.0. The van der Waals surface area contributed by atoms with Crippen molar-refractivity contribution in [2.45, 2.75) is 20.4 Å². The van der Waals surface area contributed by atoms with Crippen molar-refractivity contribution >= 4 is 5.91 Å². The summed E-state index contributed by atoms with van der Waals surface area (Å²) < 4.78 is 13.4. The lowest BCUT2D eigenvalue weighted by Gasteiger charge is -2.22. The van der Waals surface area contributed by atoms with Gasteiger partial charge in [0.25, 0.3) is 5.91 Å². The fourth-order valence-electron chi connectivity index (χ4n) is 3.90. The van der Waals surface area contributed by atoms with E-state index in [2.05, 4.69) is 0 Å². The van der Waals surface area contributed by atoms with E-state index in [-0.39, 0.29) is 19.1 Å². The Hall–Kier alpha value is -3.25. The van der Waals surface area contributed by atoms with E-state index in [1.807, 2.05) is 73.0 Å². The van der Waals surface area contributed by atoms with Gasteiger partial charge in [-0.2, -0.15) is 0 Å². The maximum atomic E-state index is 13.3. The molecule has 6 nitrogen and oxygen atoms in total. The molecule has 0 unspecified atom stereocenters. The predicted molar refractivity (Wildman–Crippen MR) is 115 cm³/mol. The van der Waals surface area contributed by atoms with Crippen molar-refractivity contribution < 1.29 is 19.4 Å². The Morgan fingerprint density at radius 1 is 1.03 bits per heavy atom. The minimum Gasteiger partial charge on any atom is -0.486 e. The fourth-order valence-corrected chi connectivity index (χ4v) is 3.90. The van der Waals surface area contributed by atoms with E-state index in [1.165, 1.54) is 0 Å². The summed E-state index contributed by atoms with van der Waals surface area (Å²) in [6, 6.07) is 17.5. The zero-order chi connectivity index (χ0) is 21.1. The molecule has 6 heteroatoms. The van der Waals surface area contributed by atoms with Gasteiger partial charge in [0.15, 0.2) is 11.5 Å². The van der Waals surface area contributed by atoms with E-state index in [4.69, 9.17) is 9.47 Å². The third-order valence-corrected chi connectivity index (χ3v) is 5.32. The lowest BCUT2D eigenvalue weighted by molar-refractivity contribution is 0.0707. The number of nitrogens with zero attached hydrogens (tertiary/aromatic N) is 2. The van der Waals surface area contributed by atoms with Crippen LogP contribution in [0, 0.1) is 13.8 Å². The average molecular weight is 406 g/mol. The Balaban J connectivity index is 1.65. The van der Waals surface area contributed by atoms with Crippen LogP contribution in [0.4, 0.5) is 0 Å².